The lowest BCUT2D eigenvalue weighted by Crippen LogP contribution is -2.30. The molecule has 1 aliphatic heterocycles. The molecule has 37 heavy (non-hydrogen) atoms. The van der Waals surface area contributed by atoms with Gasteiger partial charge in [0.25, 0.3) is 11.7 Å². The molecule has 1 N–H and O–H groups in total. The SMILES string of the molecule is CCOc1ccc(/C(O)=C2\C(=O)C(=O)N(c3cc(C)ccc3C)C2c2ccccc2OC)cc1C(C)C. The number of hydrogen-bond donors (Lipinski definition) is 1. The van der Waals surface area contributed by atoms with Crippen molar-refractivity contribution in [2.24, 2.45) is 0 Å². The predicted octanol–water partition coefficient (Wildman–Crippen LogP) is 6.46. The zero-order valence-corrected chi connectivity index (χ0v) is 22.2. The van der Waals surface area contributed by atoms with E-state index in [1.54, 1.807) is 25.3 Å². The normalized spacial score (nSPS) is 16.9. The van der Waals surface area contributed by atoms with E-state index in [0.29, 0.717) is 29.2 Å². The van der Waals surface area contributed by atoms with Crippen molar-refractivity contribution < 1.29 is 24.2 Å². The summed E-state index contributed by atoms with van der Waals surface area (Å²) in [4.78, 5) is 28.7. The topological polar surface area (TPSA) is 76.1 Å². The number of methoxy groups -OCH3 is 1. The summed E-state index contributed by atoms with van der Waals surface area (Å²) in [5.74, 6) is -0.296. The Balaban J connectivity index is 2.00. The number of carbonyl (C=O) groups is 2. The molecule has 1 atom stereocenters. The summed E-state index contributed by atoms with van der Waals surface area (Å²) in [6.45, 7) is 10.3. The van der Waals surface area contributed by atoms with Crippen LogP contribution in [0.5, 0.6) is 11.5 Å². The average Bonchev–Trinajstić information content (AvgIpc) is 3.15. The van der Waals surface area contributed by atoms with Gasteiger partial charge in [-0.2, -0.15) is 0 Å². The molecule has 1 heterocycles. The summed E-state index contributed by atoms with van der Waals surface area (Å²) >= 11 is 0. The number of benzene rings is 3. The quantitative estimate of drug-likeness (QED) is 0.229. The molecule has 0 saturated carbocycles. The van der Waals surface area contributed by atoms with Crippen LogP contribution in [0.25, 0.3) is 5.76 Å². The van der Waals surface area contributed by atoms with Gasteiger partial charge in [0.2, 0.25) is 0 Å². The molecule has 1 unspecified atom stereocenters. The summed E-state index contributed by atoms with van der Waals surface area (Å²) < 4.78 is 11.4. The molecule has 192 valence electrons. The summed E-state index contributed by atoms with van der Waals surface area (Å²) in [6, 6.07) is 17.5. The molecular weight excluding hydrogens is 466 g/mol. The van der Waals surface area contributed by atoms with Crippen molar-refractivity contribution in [3.05, 3.63) is 94.1 Å². The number of hydrogen-bond acceptors (Lipinski definition) is 5. The zero-order chi connectivity index (χ0) is 26.9. The lowest BCUT2D eigenvalue weighted by atomic mass is 9.92. The number of amides is 1. The van der Waals surface area contributed by atoms with E-state index in [1.165, 1.54) is 4.90 Å². The number of carbonyl (C=O) groups excluding carboxylic acids is 2. The minimum Gasteiger partial charge on any atom is -0.507 e. The molecule has 0 aromatic heterocycles. The third-order valence-electron chi connectivity index (χ3n) is 6.71. The Bertz CT molecular complexity index is 1390. The second-order valence-electron chi connectivity index (χ2n) is 9.54. The van der Waals surface area contributed by atoms with E-state index in [0.717, 1.165) is 22.4 Å². The number of aliphatic hydroxyl groups excluding tert-OH is 1. The number of nitrogens with zero attached hydrogens (tertiary/aromatic N) is 1. The van der Waals surface area contributed by atoms with Crippen molar-refractivity contribution in [1.29, 1.82) is 0 Å². The summed E-state index contributed by atoms with van der Waals surface area (Å²) in [5, 5.41) is 11.6. The minimum absolute atomic E-state index is 0.0225. The van der Waals surface area contributed by atoms with Gasteiger partial charge in [-0.3, -0.25) is 14.5 Å². The summed E-state index contributed by atoms with van der Waals surface area (Å²) in [7, 11) is 1.55. The minimum atomic E-state index is -0.870. The number of anilines is 1. The second-order valence-corrected chi connectivity index (χ2v) is 9.54. The van der Waals surface area contributed by atoms with Crippen LogP contribution in [0, 0.1) is 13.8 Å². The fourth-order valence-electron chi connectivity index (χ4n) is 4.84. The standard InChI is InChI=1S/C31H33NO5/c1-7-37-26-15-14-21(17-23(26)18(2)3)29(33)27-28(22-10-8-9-11-25(22)36-6)32(31(35)30(27)34)24-16-19(4)12-13-20(24)5/h8-18,28,33H,7H2,1-6H3/b29-27+. The van der Waals surface area contributed by atoms with E-state index in [4.69, 9.17) is 9.47 Å². The van der Waals surface area contributed by atoms with Crippen LogP contribution in [0.2, 0.25) is 0 Å². The highest BCUT2D eigenvalue weighted by atomic mass is 16.5. The molecule has 1 saturated heterocycles. The van der Waals surface area contributed by atoms with E-state index in [-0.39, 0.29) is 17.3 Å². The van der Waals surface area contributed by atoms with Crippen molar-refractivity contribution in [2.75, 3.05) is 18.6 Å². The third-order valence-corrected chi connectivity index (χ3v) is 6.71. The van der Waals surface area contributed by atoms with Gasteiger partial charge in [0.15, 0.2) is 0 Å². The van der Waals surface area contributed by atoms with E-state index in [1.807, 2.05) is 77.1 Å². The number of aryl methyl sites for hydroxylation is 2. The van der Waals surface area contributed by atoms with Gasteiger partial charge in [-0.1, -0.05) is 44.2 Å². The Morgan fingerprint density at radius 1 is 1.00 bits per heavy atom. The maximum atomic E-state index is 13.6. The van der Waals surface area contributed by atoms with Crippen LogP contribution in [0.3, 0.4) is 0 Å². The monoisotopic (exact) mass is 499 g/mol. The third kappa shape index (κ3) is 4.71. The number of aliphatic hydroxyl groups is 1. The number of rotatable bonds is 7. The van der Waals surface area contributed by atoms with Gasteiger partial charge in [0.05, 0.1) is 25.3 Å². The van der Waals surface area contributed by atoms with Crippen LogP contribution in [0.4, 0.5) is 5.69 Å². The lowest BCUT2D eigenvalue weighted by Gasteiger charge is -2.28. The lowest BCUT2D eigenvalue weighted by molar-refractivity contribution is -0.132. The highest BCUT2D eigenvalue weighted by Crippen LogP contribution is 2.46. The summed E-state index contributed by atoms with van der Waals surface area (Å²) in [6.07, 6.45) is 0. The smallest absolute Gasteiger partial charge is 0.300 e. The van der Waals surface area contributed by atoms with Crippen LogP contribution in [-0.4, -0.2) is 30.5 Å². The molecule has 6 nitrogen and oxygen atoms in total. The predicted molar refractivity (Wildman–Crippen MR) is 145 cm³/mol. The van der Waals surface area contributed by atoms with Gasteiger partial charge in [0.1, 0.15) is 17.3 Å². The van der Waals surface area contributed by atoms with E-state index < -0.39 is 17.7 Å². The van der Waals surface area contributed by atoms with Crippen LogP contribution in [0.15, 0.2) is 66.2 Å². The molecule has 0 spiro atoms. The molecular formula is C31H33NO5. The van der Waals surface area contributed by atoms with E-state index in [9.17, 15) is 14.7 Å². The highest BCUT2D eigenvalue weighted by Gasteiger charge is 2.48. The molecule has 6 heteroatoms. The van der Waals surface area contributed by atoms with Crippen LogP contribution < -0.4 is 14.4 Å². The molecule has 0 bridgehead atoms. The molecule has 4 rings (SSSR count). The van der Waals surface area contributed by atoms with E-state index in [2.05, 4.69) is 0 Å². The first-order chi connectivity index (χ1) is 17.7. The number of Topliss-reactive ketones (excluding diaryl/α,β-unsaturated/α-hetero) is 1. The molecule has 1 amide bonds. The first kappa shape index (κ1) is 26.0. The fourth-order valence-corrected chi connectivity index (χ4v) is 4.84. The zero-order valence-electron chi connectivity index (χ0n) is 22.2. The van der Waals surface area contributed by atoms with Crippen LogP contribution >= 0.6 is 0 Å². The Labute approximate surface area is 218 Å². The van der Waals surface area contributed by atoms with Gasteiger partial charge < -0.3 is 14.6 Å². The average molecular weight is 500 g/mol. The van der Waals surface area contributed by atoms with Gasteiger partial charge in [-0.05, 0) is 73.7 Å². The number of para-hydroxylation sites is 1. The van der Waals surface area contributed by atoms with Gasteiger partial charge in [0, 0.05) is 16.8 Å². The number of ether oxygens (including phenoxy) is 2. The molecule has 3 aromatic rings. The Kier molecular flexibility index (Phi) is 7.39. The van der Waals surface area contributed by atoms with Crippen molar-refractivity contribution in [3.63, 3.8) is 0 Å². The van der Waals surface area contributed by atoms with Crippen molar-refractivity contribution in [1.82, 2.24) is 0 Å². The summed E-state index contributed by atoms with van der Waals surface area (Å²) in [5.41, 5.74) is 4.40. The number of ketones is 1. The molecule has 1 aliphatic rings. The van der Waals surface area contributed by atoms with Crippen molar-refractivity contribution in [2.45, 2.75) is 46.6 Å². The first-order valence-electron chi connectivity index (χ1n) is 12.5. The van der Waals surface area contributed by atoms with E-state index >= 15 is 0 Å². The van der Waals surface area contributed by atoms with Gasteiger partial charge >= 0.3 is 0 Å². The van der Waals surface area contributed by atoms with Crippen molar-refractivity contribution >= 4 is 23.1 Å². The molecule has 0 aliphatic carbocycles. The highest BCUT2D eigenvalue weighted by molar-refractivity contribution is 6.51. The molecule has 3 aromatic carbocycles. The Hall–Kier alpha value is -4.06. The van der Waals surface area contributed by atoms with Gasteiger partial charge in [-0.15, -0.1) is 0 Å². The fraction of sp³-hybridized carbons (Fsp3) is 0.290. The maximum absolute atomic E-state index is 13.6. The van der Waals surface area contributed by atoms with Gasteiger partial charge in [-0.25, -0.2) is 0 Å². The Morgan fingerprint density at radius 3 is 2.41 bits per heavy atom. The van der Waals surface area contributed by atoms with Crippen LogP contribution in [0.1, 0.15) is 60.5 Å². The first-order valence-corrected chi connectivity index (χ1v) is 12.5. The maximum Gasteiger partial charge on any atom is 0.300 e. The van der Waals surface area contributed by atoms with Crippen molar-refractivity contribution in [3.8, 4) is 11.5 Å². The molecule has 1 fully saturated rings. The van der Waals surface area contributed by atoms with Crippen LogP contribution in [-0.2, 0) is 9.59 Å². The Morgan fingerprint density at radius 2 is 1.73 bits per heavy atom. The second kappa shape index (κ2) is 10.5. The largest absolute Gasteiger partial charge is 0.507 e. The molecule has 0 radical (unpaired) electrons.